The van der Waals surface area contributed by atoms with Crippen LogP contribution in [0.5, 0.6) is 5.75 Å². The van der Waals surface area contributed by atoms with Crippen LogP contribution in [0, 0.1) is 0 Å². The molecule has 2 N–H and O–H groups in total. The van der Waals surface area contributed by atoms with Crippen LogP contribution in [0.4, 0.5) is 0 Å². The monoisotopic (exact) mass is 365 g/mol. The smallest absolute Gasteiger partial charge is 0.328 e. The number of allylic oxidation sites excluding steroid dienone is 1. The van der Waals surface area contributed by atoms with Gasteiger partial charge in [0.2, 0.25) is 11.6 Å². The summed E-state index contributed by atoms with van der Waals surface area (Å²) < 4.78 is 5.15. The lowest BCUT2D eigenvalue weighted by atomic mass is 9.92. The fraction of sp³-hybridized carbons (Fsp3) is 0.190. The largest absolute Gasteiger partial charge is 0.508 e. The molecule has 0 saturated heterocycles. The number of hydrogen-bond donors (Lipinski definition) is 2. The lowest BCUT2D eigenvalue weighted by molar-refractivity contribution is -0.145. The van der Waals surface area contributed by atoms with E-state index < -0.39 is 23.6 Å². The van der Waals surface area contributed by atoms with E-state index in [1.807, 2.05) is 0 Å². The first-order valence-corrected chi connectivity index (χ1v) is 8.60. The number of Topliss-reactive ketones (excluding diaryl/α,β-unsaturated/α-hetero) is 1. The molecule has 6 heteroatoms. The Morgan fingerprint density at radius 3 is 2.41 bits per heavy atom. The molecule has 2 aromatic rings. The number of carbonyl (C=O) groups is 3. The van der Waals surface area contributed by atoms with E-state index in [1.165, 1.54) is 18.2 Å². The molecule has 1 aliphatic rings. The van der Waals surface area contributed by atoms with Gasteiger partial charge in [0.1, 0.15) is 11.8 Å². The molecular formula is C21H19NO5. The van der Waals surface area contributed by atoms with E-state index in [1.54, 1.807) is 43.3 Å². The van der Waals surface area contributed by atoms with Crippen LogP contribution in [-0.2, 0) is 20.7 Å². The van der Waals surface area contributed by atoms with Crippen LogP contribution in [-0.4, -0.2) is 35.3 Å². The normalized spacial score (nSPS) is 14.2. The predicted octanol–water partition coefficient (Wildman–Crippen LogP) is 2.26. The van der Waals surface area contributed by atoms with Crippen LogP contribution in [0.25, 0.3) is 5.70 Å². The van der Waals surface area contributed by atoms with Crippen LogP contribution >= 0.6 is 0 Å². The van der Waals surface area contributed by atoms with E-state index in [0.717, 1.165) is 5.56 Å². The van der Waals surface area contributed by atoms with Crippen molar-refractivity contribution in [3.8, 4) is 5.75 Å². The number of aromatic hydroxyl groups is 1. The van der Waals surface area contributed by atoms with Gasteiger partial charge < -0.3 is 15.2 Å². The highest BCUT2D eigenvalue weighted by molar-refractivity contribution is 6.50. The van der Waals surface area contributed by atoms with Crippen molar-refractivity contribution in [3.63, 3.8) is 0 Å². The van der Waals surface area contributed by atoms with Crippen molar-refractivity contribution in [2.75, 3.05) is 6.61 Å². The molecule has 0 fully saturated rings. The van der Waals surface area contributed by atoms with Gasteiger partial charge in [-0.05, 0) is 24.6 Å². The third-order valence-electron chi connectivity index (χ3n) is 4.24. The molecule has 0 bridgehead atoms. The van der Waals surface area contributed by atoms with E-state index in [9.17, 15) is 19.5 Å². The maximum atomic E-state index is 12.4. The van der Waals surface area contributed by atoms with Crippen LogP contribution in [0.2, 0.25) is 0 Å². The summed E-state index contributed by atoms with van der Waals surface area (Å²) in [6.45, 7) is 1.94. The molecule has 0 radical (unpaired) electrons. The number of rotatable bonds is 6. The minimum Gasteiger partial charge on any atom is -0.508 e. The highest BCUT2D eigenvalue weighted by Gasteiger charge is 2.28. The van der Waals surface area contributed by atoms with Crippen molar-refractivity contribution >= 4 is 23.2 Å². The number of ether oxygens (including phenoxy) is 1. The van der Waals surface area contributed by atoms with Crippen molar-refractivity contribution in [2.24, 2.45) is 0 Å². The average Bonchev–Trinajstić information content (AvgIpc) is 2.67. The zero-order chi connectivity index (χ0) is 19.4. The Labute approximate surface area is 156 Å². The summed E-state index contributed by atoms with van der Waals surface area (Å²) in [5.74, 6) is -1.54. The summed E-state index contributed by atoms with van der Waals surface area (Å²) in [4.78, 5) is 36.5. The van der Waals surface area contributed by atoms with Crippen molar-refractivity contribution in [1.29, 1.82) is 0 Å². The van der Waals surface area contributed by atoms with E-state index >= 15 is 0 Å². The minimum atomic E-state index is -0.755. The number of phenols is 1. The minimum absolute atomic E-state index is 0.132. The van der Waals surface area contributed by atoms with Crippen molar-refractivity contribution < 1.29 is 24.2 Å². The fourth-order valence-electron chi connectivity index (χ4n) is 2.93. The van der Waals surface area contributed by atoms with Gasteiger partial charge in [-0.2, -0.15) is 0 Å². The van der Waals surface area contributed by atoms with Crippen LogP contribution in [0.15, 0.2) is 54.6 Å². The SMILES string of the molecule is CCOC(=O)[C@@H](Cc1ccc(O)cc1)NC1=CC(=O)C(=O)c2ccccc21. The molecule has 1 atom stereocenters. The summed E-state index contributed by atoms with van der Waals surface area (Å²) in [6, 6.07) is 12.5. The molecule has 6 nitrogen and oxygen atoms in total. The average molecular weight is 365 g/mol. The third kappa shape index (κ3) is 4.06. The van der Waals surface area contributed by atoms with Gasteiger partial charge in [-0.1, -0.05) is 36.4 Å². The quantitative estimate of drug-likeness (QED) is 0.603. The first-order valence-electron chi connectivity index (χ1n) is 8.60. The van der Waals surface area contributed by atoms with Crippen LogP contribution in [0.1, 0.15) is 28.4 Å². The summed E-state index contributed by atoms with van der Waals surface area (Å²) in [7, 11) is 0. The second kappa shape index (κ2) is 7.86. The standard InChI is InChI=1S/C21H19NO5/c1-2-27-21(26)18(11-13-7-9-14(23)10-8-13)22-17-12-19(24)20(25)16-6-4-3-5-15(16)17/h3-10,12,18,22-23H,2,11H2,1H3/t18-/m1/s1. The lowest BCUT2D eigenvalue weighted by Crippen LogP contribution is -2.40. The van der Waals surface area contributed by atoms with Crippen molar-refractivity contribution in [3.05, 3.63) is 71.3 Å². The molecule has 3 rings (SSSR count). The van der Waals surface area contributed by atoms with Gasteiger partial charge in [0.15, 0.2) is 0 Å². The summed E-state index contributed by atoms with van der Waals surface area (Å²) in [5.41, 5.74) is 2.10. The Kier molecular flexibility index (Phi) is 5.35. The van der Waals surface area contributed by atoms with Gasteiger partial charge in [-0.25, -0.2) is 4.79 Å². The predicted molar refractivity (Wildman–Crippen MR) is 99.1 cm³/mol. The van der Waals surface area contributed by atoms with Crippen LogP contribution in [0.3, 0.4) is 0 Å². The molecule has 1 aliphatic carbocycles. The molecule has 0 aliphatic heterocycles. The maximum Gasteiger partial charge on any atom is 0.328 e. The molecule has 0 heterocycles. The highest BCUT2D eigenvalue weighted by atomic mass is 16.5. The number of esters is 1. The number of fused-ring (bicyclic) bond motifs is 1. The van der Waals surface area contributed by atoms with E-state index in [0.29, 0.717) is 23.2 Å². The summed E-state index contributed by atoms with van der Waals surface area (Å²) >= 11 is 0. The fourth-order valence-corrected chi connectivity index (χ4v) is 2.93. The lowest BCUT2D eigenvalue weighted by Gasteiger charge is -2.23. The molecule has 0 spiro atoms. The zero-order valence-electron chi connectivity index (χ0n) is 14.8. The zero-order valence-corrected chi connectivity index (χ0v) is 14.8. The third-order valence-corrected chi connectivity index (χ3v) is 4.24. The Bertz CT molecular complexity index is 914. The molecule has 27 heavy (non-hydrogen) atoms. The van der Waals surface area contributed by atoms with Crippen molar-refractivity contribution in [1.82, 2.24) is 5.32 Å². The van der Waals surface area contributed by atoms with E-state index in [2.05, 4.69) is 5.32 Å². The molecule has 0 amide bonds. The molecule has 0 saturated carbocycles. The van der Waals surface area contributed by atoms with Gasteiger partial charge in [-0.3, -0.25) is 9.59 Å². The van der Waals surface area contributed by atoms with Gasteiger partial charge in [0.25, 0.3) is 0 Å². The van der Waals surface area contributed by atoms with Gasteiger partial charge >= 0.3 is 5.97 Å². The number of nitrogens with one attached hydrogen (secondary N) is 1. The number of benzene rings is 2. The molecular weight excluding hydrogens is 346 g/mol. The highest BCUT2D eigenvalue weighted by Crippen LogP contribution is 2.24. The Hall–Kier alpha value is -3.41. The second-order valence-electron chi connectivity index (χ2n) is 6.12. The first kappa shape index (κ1) is 18.4. The molecule has 138 valence electrons. The van der Waals surface area contributed by atoms with Gasteiger partial charge in [0, 0.05) is 29.3 Å². The maximum absolute atomic E-state index is 12.4. The Morgan fingerprint density at radius 1 is 1.07 bits per heavy atom. The van der Waals surface area contributed by atoms with Gasteiger partial charge in [0.05, 0.1) is 6.61 Å². The number of hydrogen-bond acceptors (Lipinski definition) is 6. The second-order valence-corrected chi connectivity index (χ2v) is 6.12. The Balaban J connectivity index is 1.90. The van der Waals surface area contributed by atoms with Gasteiger partial charge in [-0.15, -0.1) is 0 Å². The van der Waals surface area contributed by atoms with E-state index in [-0.39, 0.29) is 12.4 Å². The van der Waals surface area contributed by atoms with E-state index in [4.69, 9.17) is 4.74 Å². The summed E-state index contributed by atoms with van der Waals surface area (Å²) in [5, 5.41) is 12.5. The first-order chi connectivity index (χ1) is 13.0. The number of phenolic OH excluding ortho intramolecular Hbond substituents is 1. The number of carbonyl (C=O) groups excluding carboxylic acids is 3. The Morgan fingerprint density at radius 2 is 1.74 bits per heavy atom. The number of ketones is 2. The summed E-state index contributed by atoms with van der Waals surface area (Å²) in [6.07, 6.45) is 1.51. The van der Waals surface area contributed by atoms with Crippen LogP contribution < -0.4 is 5.32 Å². The molecule has 0 aromatic heterocycles. The molecule has 2 aromatic carbocycles. The molecule has 0 unspecified atom stereocenters. The van der Waals surface area contributed by atoms with Crippen molar-refractivity contribution in [2.45, 2.75) is 19.4 Å². The topological polar surface area (TPSA) is 92.7 Å².